The van der Waals surface area contributed by atoms with Crippen molar-refractivity contribution < 1.29 is 18.0 Å². The van der Waals surface area contributed by atoms with Crippen LogP contribution in [0.2, 0.25) is 10.0 Å². The van der Waals surface area contributed by atoms with E-state index < -0.39 is 15.3 Å². The lowest BCUT2D eigenvalue weighted by atomic mass is 9.80. The van der Waals surface area contributed by atoms with Gasteiger partial charge in [0, 0.05) is 41.1 Å². The maximum atomic E-state index is 13.5. The Morgan fingerprint density at radius 3 is 2.51 bits per heavy atom. The van der Waals surface area contributed by atoms with E-state index in [0.29, 0.717) is 43.6 Å². The Bertz CT molecular complexity index is 1440. The number of carbonyl (C=O) groups excluding carboxylic acids is 2. The first kappa shape index (κ1) is 26.0. The number of Topliss-reactive ketones (excluding diaryl/α,β-unsaturated/α-hetero) is 2. The highest BCUT2D eigenvalue weighted by atomic mass is 79.9. The van der Waals surface area contributed by atoms with Gasteiger partial charge in [-0.05, 0) is 64.7 Å². The minimum Gasteiger partial charge on any atom is -0.294 e. The maximum absolute atomic E-state index is 13.5. The predicted octanol–water partition coefficient (Wildman–Crippen LogP) is 5.47. The number of ketones is 2. The zero-order valence-electron chi connectivity index (χ0n) is 19.0. The Kier molecular flexibility index (Phi) is 7.26. The van der Waals surface area contributed by atoms with E-state index in [0.717, 1.165) is 0 Å². The first-order valence-electron chi connectivity index (χ1n) is 10.9. The lowest BCUT2D eigenvalue weighted by molar-refractivity contribution is 0.0923. The fourth-order valence-corrected chi connectivity index (χ4v) is 7.75. The number of hydrogen-bond acceptors (Lipinski definition) is 6. The molecular weight excluding hydrogens is 577 g/mol. The summed E-state index contributed by atoms with van der Waals surface area (Å²) in [6.45, 7) is 3.68. The van der Waals surface area contributed by atoms with Gasteiger partial charge in [-0.25, -0.2) is 18.1 Å². The van der Waals surface area contributed by atoms with Gasteiger partial charge in [0.25, 0.3) is 0 Å². The number of pyridine rings is 1. The Balaban J connectivity index is 1.68. The van der Waals surface area contributed by atoms with Crippen LogP contribution in [0.4, 0.5) is 0 Å². The van der Waals surface area contributed by atoms with Crippen molar-refractivity contribution >= 4 is 60.5 Å². The van der Waals surface area contributed by atoms with Crippen LogP contribution in [0.15, 0.2) is 41.1 Å². The van der Waals surface area contributed by atoms with Crippen molar-refractivity contribution in [3.63, 3.8) is 0 Å². The van der Waals surface area contributed by atoms with Gasteiger partial charge in [-0.1, -0.05) is 30.1 Å². The minimum atomic E-state index is -3.11. The summed E-state index contributed by atoms with van der Waals surface area (Å²) in [4.78, 5) is 31.1. The van der Waals surface area contributed by atoms with E-state index in [2.05, 4.69) is 26.0 Å². The topological polar surface area (TPSA) is 99.0 Å². The Morgan fingerprint density at radius 2 is 1.89 bits per heavy atom. The van der Waals surface area contributed by atoms with Gasteiger partial charge < -0.3 is 0 Å². The molecule has 3 heterocycles. The molecule has 0 saturated carbocycles. The summed E-state index contributed by atoms with van der Waals surface area (Å²) in [5, 5.41) is 5.02. The highest BCUT2D eigenvalue weighted by molar-refractivity contribution is 9.10. The number of benzene rings is 1. The fourth-order valence-electron chi connectivity index (χ4n) is 4.51. The molecule has 3 aromatic rings. The maximum Gasteiger partial charge on any atom is 0.185 e. The highest BCUT2D eigenvalue weighted by Crippen LogP contribution is 2.41. The molecular formula is C24H22BrCl2N3O4S. The van der Waals surface area contributed by atoms with Gasteiger partial charge in [-0.15, -0.1) is 0 Å². The summed E-state index contributed by atoms with van der Waals surface area (Å²) in [5.74, 6) is -0.218. The Morgan fingerprint density at radius 1 is 1.17 bits per heavy atom. The number of sulfone groups is 1. The molecule has 2 aromatic heterocycles. The molecule has 11 heteroatoms. The Hall–Kier alpha value is -2.07. The highest BCUT2D eigenvalue weighted by Gasteiger charge is 2.48. The quantitative estimate of drug-likeness (QED) is 0.319. The third kappa shape index (κ3) is 5.38. The molecule has 0 atom stereocenters. The molecule has 0 bridgehead atoms. The zero-order valence-corrected chi connectivity index (χ0v) is 22.9. The number of nitrogens with zero attached hydrogens (tertiary/aromatic N) is 3. The molecule has 0 N–H and O–H groups in total. The van der Waals surface area contributed by atoms with E-state index in [-0.39, 0.29) is 41.6 Å². The molecule has 0 aliphatic carbocycles. The van der Waals surface area contributed by atoms with Crippen LogP contribution in [-0.4, -0.2) is 46.3 Å². The van der Waals surface area contributed by atoms with E-state index >= 15 is 0 Å². The monoisotopic (exact) mass is 597 g/mol. The minimum absolute atomic E-state index is 0.00585. The van der Waals surface area contributed by atoms with Crippen LogP contribution < -0.4 is 0 Å². The molecule has 1 aliphatic heterocycles. The second kappa shape index (κ2) is 9.76. The average Bonchev–Trinajstić information content (AvgIpc) is 3.15. The Labute approximate surface area is 221 Å². The molecule has 1 aromatic carbocycles. The van der Waals surface area contributed by atoms with E-state index in [1.54, 1.807) is 43.5 Å². The fraction of sp³-hybridized carbons (Fsp3) is 0.333. The van der Waals surface area contributed by atoms with Gasteiger partial charge in [0.15, 0.2) is 27.2 Å². The molecule has 0 radical (unpaired) electrons. The van der Waals surface area contributed by atoms with Gasteiger partial charge >= 0.3 is 0 Å². The third-order valence-electron chi connectivity index (χ3n) is 6.32. The van der Waals surface area contributed by atoms with Crippen molar-refractivity contribution in [2.75, 3.05) is 11.5 Å². The second-order valence-electron chi connectivity index (χ2n) is 8.91. The van der Waals surface area contributed by atoms with Crippen LogP contribution in [0.25, 0.3) is 5.82 Å². The van der Waals surface area contributed by atoms with Gasteiger partial charge in [-0.2, -0.15) is 5.10 Å². The summed E-state index contributed by atoms with van der Waals surface area (Å²) < 4.78 is 25.5. The van der Waals surface area contributed by atoms with Gasteiger partial charge in [0.05, 0.1) is 16.5 Å². The van der Waals surface area contributed by atoms with Gasteiger partial charge in [0.1, 0.15) is 10.3 Å². The summed E-state index contributed by atoms with van der Waals surface area (Å²) >= 11 is 15.9. The normalized spacial score (nSPS) is 16.0. The molecule has 184 valence electrons. The summed E-state index contributed by atoms with van der Waals surface area (Å²) in [5.41, 5.74) is 1.25. The zero-order chi connectivity index (χ0) is 25.5. The van der Waals surface area contributed by atoms with Crippen LogP contribution in [-0.2, 0) is 16.3 Å². The van der Waals surface area contributed by atoms with Crippen molar-refractivity contribution in [2.24, 2.45) is 5.41 Å². The summed E-state index contributed by atoms with van der Waals surface area (Å²) in [6.07, 6.45) is 2.13. The summed E-state index contributed by atoms with van der Waals surface area (Å²) in [6, 6.07) is 8.16. The molecule has 1 aliphatic rings. The largest absolute Gasteiger partial charge is 0.294 e. The van der Waals surface area contributed by atoms with Crippen LogP contribution in [0.5, 0.6) is 0 Å². The van der Waals surface area contributed by atoms with Crippen LogP contribution in [0.3, 0.4) is 0 Å². The lowest BCUT2D eigenvalue weighted by Crippen LogP contribution is -2.49. The second-order valence-corrected chi connectivity index (χ2v) is 12.6. The number of aryl methyl sites for hydroxylation is 1. The molecule has 0 spiro atoms. The first-order valence-corrected chi connectivity index (χ1v) is 14.2. The van der Waals surface area contributed by atoms with E-state index in [9.17, 15) is 18.0 Å². The molecule has 0 unspecified atom stereocenters. The predicted molar refractivity (Wildman–Crippen MR) is 139 cm³/mol. The van der Waals surface area contributed by atoms with Crippen molar-refractivity contribution in [2.45, 2.75) is 33.1 Å². The average molecular weight is 599 g/mol. The lowest BCUT2D eigenvalue weighted by Gasteiger charge is -2.40. The third-order valence-corrected chi connectivity index (χ3v) is 9.32. The molecule has 1 saturated heterocycles. The molecule has 7 nitrogen and oxygen atoms in total. The van der Waals surface area contributed by atoms with Crippen molar-refractivity contribution in [3.8, 4) is 5.82 Å². The van der Waals surface area contributed by atoms with Crippen LogP contribution >= 0.6 is 39.1 Å². The summed E-state index contributed by atoms with van der Waals surface area (Å²) in [7, 11) is -3.11. The number of carbonyl (C=O) groups is 2. The van der Waals surface area contributed by atoms with E-state index in [4.69, 9.17) is 23.2 Å². The number of hydrogen-bond donors (Lipinski definition) is 0. The molecule has 1 fully saturated rings. The van der Waals surface area contributed by atoms with Crippen LogP contribution in [0.1, 0.15) is 51.7 Å². The van der Waals surface area contributed by atoms with E-state index in [1.165, 1.54) is 4.68 Å². The van der Waals surface area contributed by atoms with Gasteiger partial charge in [0.2, 0.25) is 0 Å². The SMILES string of the molecule is CCC1(CC(=O)c2cc(Cl)cc(C)c2CC(=O)c2cc(Br)nn2-c2ncccc2Cl)CS(=O)(=O)C1. The van der Waals surface area contributed by atoms with Crippen molar-refractivity contribution in [3.05, 3.63) is 73.6 Å². The molecule has 4 rings (SSSR count). The van der Waals surface area contributed by atoms with Gasteiger partial charge in [-0.3, -0.25) is 9.59 Å². The standard InChI is InChI=1S/C24H22BrCl2N3O4S/c1-3-24(12-35(33,34)13-24)11-21(32)17-8-15(26)7-14(2)16(17)9-20(31)19-10-22(25)29-30(19)23-18(27)5-4-6-28-23/h4-8,10H,3,9,11-13H2,1-2H3. The van der Waals surface area contributed by atoms with E-state index in [1.807, 2.05) is 6.92 Å². The van der Waals surface area contributed by atoms with Crippen molar-refractivity contribution in [1.29, 1.82) is 0 Å². The number of halogens is 3. The smallest absolute Gasteiger partial charge is 0.185 e. The van der Waals surface area contributed by atoms with Crippen LogP contribution in [0, 0.1) is 12.3 Å². The molecule has 0 amide bonds. The molecule has 35 heavy (non-hydrogen) atoms. The number of rotatable bonds is 8. The first-order chi connectivity index (χ1) is 16.4. The number of aromatic nitrogens is 3. The van der Waals surface area contributed by atoms with Crippen molar-refractivity contribution in [1.82, 2.24) is 14.8 Å².